The van der Waals surface area contributed by atoms with Crippen molar-refractivity contribution in [3.8, 4) is 11.1 Å². The third kappa shape index (κ3) is 2.00. The lowest BCUT2D eigenvalue weighted by molar-refractivity contribution is 0.769. The fourth-order valence-corrected chi connectivity index (χ4v) is 6.75. The molecule has 2 aliphatic carbocycles. The van der Waals surface area contributed by atoms with Crippen LogP contribution in [0, 0.1) is 0 Å². The summed E-state index contributed by atoms with van der Waals surface area (Å²) in [6.07, 6.45) is 2.04. The molecular weight excluding hydrogens is 424 g/mol. The summed E-state index contributed by atoms with van der Waals surface area (Å²) in [6, 6.07) is 32.7. The molecule has 8 rings (SSSR count). The molecule has 0 amide bonds. The van der Waals surface area contributed by atoms with Crippen molar-refractivity contribution in [2.45, 2.75) is 18.3 Å². The standard InChI is InChI=1S/C30H19ClN2/c31-19-14-15-22-21-9-3-4-10-23(21)30(24(22)17-19)28-20-8-2-1-7-18(20)13-16-27(28)33-26-12-6-5-11-25(26)32-29(30)33/h1-12,14-15,17H,13,16H2. The molecular formula is C30H19ClN2. The number of para-hydroxylation sites is 2. The van der Waals surface area contributed by atoms with Crippen LogP contribution in [-0.4, -0.2) is 9.55 Å². The van der Waals surface area contributed by atoms with Crippen LogP contribution in [0.3, 0.4) is 0 Å². The monoisotopic (exact) mass is 442 g/mol. The van der Waals surface area contributed by atoms with E-state index in [9.17, 15) is 0 Å². The number of benzene rings is 4. The number of hydrogen-bond acceptors (Lipinski definition) is 1. The first-order chi connectivity index (χ1) is 16.3. The second-order valence-electron chi connectivity index (χ2n) is 9.22. The van der Waals surface area contributed by atoms with Crippen molar-refractivity contribution in [1.29, 1.82) is 0 Å². The first-order valence-electron chi connectivity index (χ1n) is 11.5. The SMILES string of the molecule is Clc1ccc2c(c1)C1(C3=C(CCc4ccccc43)n3c1nc1ccccc13)c1ccccc1-2. The first kappa shape index (κ1) is 17.9. The van der Waals surface area contributed by atoms with E-state index in [-0.39, 0.29) is 0 Å². The summed E-state index contributed by atoms with van der Waals surface area (Å²) in [6.45, 7) is 0. The smallest absolute Gasteiger partial charge is 0.134 e. The molecule has 156 valence electrons. The molecule has 1 unspecified atom stereocenters. The molecule has 33 heavy (non-hydrogen) atoms. The molecule has 1 spiro atoms. The van der Waals surface area contributed by atoms with Gasteiger partial charge in [-0.25, -0.2) is 4.98 Å². The zero-order valence-corrected chi connectivity index (χ0v) is 18.6. The molecule has 0 fully saturated rings. The molecule has 0 N–H and O–H groups in total. The Balaban J connectivity index is 1.63. The van der Waals surface area contributed by atoms with E-state index in [1.54, 1.807) is 0 Å². The maximum Gasteiger partial charge on any atom is 0.134 e. The van der Waals surface area contributed by atoms with E-state index < -0.39 is 5.41 Å². The number of imidazole rings is 1. The van der Waals surface area contributed by atoms with Crippen LogP contribution >= 0.6 is 11.6 Å². The maximum atomic E-state index is 6.67. The Morgan fingerprint density at radius 3 is 2.42 bits per heavy atom. The minimum atomic E-state index is -0.471. The lowest BCUT2D eigenvalue weighted by Crippen LogP contribution is -2.28. The van der Waals surface area contributed by atoms with E-state index >= 15 is 0 Å². The zero-order valence-electron chi connectivity index (χ0n) is 17.8. The summed E-state index contributed by atoms with van der Waals surface area (Å²) in [4.78, 5) is 5.33. The van der Waals surface area contributed by atoms with Crippen LogP contribution in [0.2, 0.25) is 5.02 Å². The normalized spacial score (nSPS) is 19.4. The Morgan fingerprint density at radius 1 is 0.727 bits per heavy atom. The maximum absolute atomic E-state index is 6.67. The molecule has 0 radical (unpaired) electrons. The molecule has 1 atom stereocenters. The van der Waals surface area contributed by atoms with Crippen LogP contribution in [-0.2, 0) is 11.8 Å². The highest BCUT2D eigenvalue weighted by Gasteiger charge is 2.56. The predicted molar refractivity (Wildman–Crippen MR) is 134 cm³/mol. The van der Waals surface area contributed by atoms with Gasteiger partial charge in [-0.3, -0.25) is 4.57 Å². The third-order valence-electron chi connectivity index (χ3n) is 7.75. The number of fused-ring (bicyclic) bond motifs is 13. The Kier molecular flexibility index (Phi) is 3.27. The van der Waals surface area contributed by atoms with Crippen molar-refractivity contribution in [3.63, 3.8) is 0 Å². The molecule has 4 aromatic carbocycles. The van der Waals surface area contributed by atoms with Crippen molar-refractivity contribution >= 4 is 33.9 Å². The first-order valence-corrected chi connectivity index (χ1v) is 11.9. The Hall–Kier alpha value is -3.62. The van der Waals surface area contributed by atoms with E-state index in [0.29, 0.717) is 0 Å². The quantitative estimate of drug-likeness (QED) is 0.245. The Bertz CT molecular complexity index is 1690. The van der Waals surface area contributed by atoms with Gasteiger partial charge in [-0.05, 0) is 70.5 Å². The number of nitrogens with zero attached hydrogens (tertiary/aromatic N) is 2. The second-order valence-corrected chi connectivity index (χ2v) is 9.66. The van der Waals surface area contributed by atoms with Crippen molar-refractivity contribution in [2.75, 3.05) is 0 Å². The van der Waals surface area contributed by atoms with Crippen molar-refractivity contribution in [3.05, 3.63) is 124 Å². The minimum absolute atomic E-state index is 0.471. The van der Waals surface area contributed by atoms with Gasteiger partial charge in [-0.2, -0.15) is 0 Å². The van der Waals surface area contributed by atoms with Crippen molar-refractivity contribution < 1.29 is 0 Å². The molecule has 0 bridgehead atoms. The molecule has 2 heterocycles. The molecule has 2 nitrogen and oxygen atoms in total. The highest BCUT2D eigenvalue weighted by Crippen LogP contribution is 2.64. The van der Waals surface area contributed by atoms with E-state index in [1.807, 2.05) is 6.07 Å². The zero-order chi connectivity index (χ0) is 21.7. The highest BCUT2D eigenvalue weighted by molar-refractivity contribution is 6.31. The summed E-state index contributed by atoms with van der Waals surface area (Å²) in [5.41, 5.74) is 12.4. The third-order valence-corrected chi connectivity index (χ3v) is 7.99. The predicted octanol–water partition coefficient (Wildman–Crippen LogP) is 7.33. The van der Waals surface area contributed by atoms with Crippen LogP contribution in [0.1, 0.15) is 34.5 Å². The minimum Gasteiger partial charge on any atom is -0.298 e. The lowest BCUT2D eigenvalue weighted by Gasteiger charge is -2.32. The summed E-state index contributed by atoms with van der Waals surface area (Å²) in [7, 11) is 0. The topological polar surface area (TPSA) is 17.8 Å². The highest BCUT2D eigenvalue weighted by atomic mass is 35.5. The van der Waals surface area contributed by atoms with Gasteiger partial charge in [0.15, 0.2) is 0 Å². The second kappa shape index (κ2) is 6.03. The largest absolute Gasteiger partial charge is 0.298 e. The Morgan fingerprint density at radius 2 is 1.48 bits per heavy atom. The van der Waals surface area contributed by atoms with Crippen LogP contribution in [0.5, 0.6) is 0 Å². The average Bonchev–Trinajstić information content (AvgIpc) is 3.47. The molecule has 1 aromatic heterocycles. The van der Waals surface area contributed by atoms with Crippen molar-refractivity contribution in [1.82, 2.24) is 9.55 Å². The number of rotatable bonds is 0. The van der Waals surface area contributed by atoms with Gasteiger partial charge in [0.05, 0.1) is 11.0 Å². The van der Waals surface area contributed by atoms with Crippen LogP contribution in [0.25, 0.3) is 33.4 Å². The van der Waals surface area contributed by atoms with E-state index in [2.05, 4.69) is 89.5 Å². The Labute approximate surface area is 196 Å². The molecule has 0 saturated heterocycles. The van der Waals surface area contributed by atoms with E-state index in [0.717, 1.165) is 29.2 Å². The molecule has 3 heteroatoms. The van der Waals surface area contributed by atoms with Gasteiger partial charge in [0.2, 0.25) is 0 Å². The fourth-order valence-electron chi connectivity index (χ4n) is 6.58. The summed E-state index contributed by atoms with van der Waals surface area (Å²) >= 11 is 6.67. The molecule has 5 aromatic rings. The molecule has 1 aliphatic heterocycles. The average molecular weight is 443 g/mol. The lowest BCUT2D eigenvalue weighted by atomic mass is 9.67. The van der Waals surface area contributed by atoms with Gasteiger partial charge in [-0.15, -0.1) is 0 Å². The van der Waals surface area contributed by atoms with E-state index in [1.165, 1.54) is 50.2 Å². The van der Waals surface area contributed by atoms with Crippen molar-refractivity contribution in [2.24, 2.45) is 0 Å². The number of aromatic nitrogens is 2. The summed E-state index contributed by atoms with van der Waals surface area (Å²) in [5, 5.41) is 0.765. The molecule has 3 aliphatic rings. The van der Waals surface area contributed by atoms with Crippen LogP contribution < -0.4 is 0 Å². The summed E-state index contributed by atoms with van der Waals surface area (Å²) < 4.78 is 2.45. The van der Waals surface area contributed by atoms with Gasteiger partial charge in [0.1, 0.15) is 11.2 Å². The van der Waals surface area contributed by atoms with Gasteiger partial charge in [-0.1, -0.05) is 78.3 Å². The number of halogens is 1. The number of aryl methyl sites for hydroxylation is 1. The van der Waals surface area contributed by atoms with Gasteiger partial charge >= 0.3 is 0 Å². The number of hydrogen-bond donors (Lipinski definition) is 0. The van der Waals surface area contributed by atoms with Gasteiger partial charge in [0, 0.05) is 16.3 Å². The van der Waals surface area contributed by atoms with Crippen LogP contribution in [0.15, 0.2) is 91.0 Å². The van der Waals surface area contributed by atoms with Gasteiger partial charge in [0.25, 0.3) is 0 Å². The molecule has 0 saturated carbocycles. The van der Waals surface area contributed by atoms with Crippen LogP contribution in [0.4, 0.5) is 0 Å². The van der Waals surface area contributed by atoms with E-state index in [4.69, 9.17) is 16.6 Å². The fraction of sp³-hybridized carbons (Fsp3) is 0.100. The summed E-state index contributed by atoms with van der Waals surface area (Å²) in [5.74, 6) is 1.10. The van der Waals surface area contributed by atoms with Gasteiger partial charge < -0.3 is 0 Å². The number of allylic oxidation sites excluding steroid dienone is 2.